The maximum absolute atomic E-state index is 7.19. The van der Waals surface area contributed by atoms with Gasteiger partial charge in [0, 0.05) is 0 Å². The molecular weight excluding hydrogens is 585 g/mol. The quantitative estimate of drug-likeness (QED) is 0.0499. The molecule has 258 valence electrons. The molecule has 0 saturated carbocycles. The molecule has 0 bridgehead atoms. The fraction of sp³-hybridized carbons (Fsp3) is 0.478. The molecular formula is C46H62O2. The van der Waals surface area contributed by atoms with Crippen molar-refractivity contribution in [3.63, 3.8) is 0 Å². The summed E-state index contributed by atoms with van der Waals surface area (Å²) >= 11 is 0. The Balaban J connectivity index is 1.29. The van der Waals surface area contributed by atoms with Crippen molar-refractivity contribution in [3.05, 3.63) is 144 Å². The van der Waals surface area contributed by atoms with Gasteiger partial charge in [-0.3, -0.25) is 0 Å². The molecule has 4 rings (SSSR count). The summed E-state index contributed by atoms with van der Waals surface area (Å²) in [5, 5.41) is 0. The van der Waals surface area contributed by atoms with Crippen LogP contribution in [0.4, 0.5) is 0 Å². The molecule has 0 aromatic heterocycles. The first-order valence-corrected chi connectivity index (χ1v) is 19.3. The predicted octanol–water partition coefficient (Wildman–Crippen LogP) is 13.2. The van der Waals surface area contributed by atoms with Crippen molar-refractivity contribution in [2.75, 3.05) is 6.61 Å². The Bertz CT molecular complexity index is 1210. The van der Waals surface area contributed by atoms with Gasteiger partial charge in [-0.25, -0.2) is 0 Å². The summed E-state index contributed by atoms with van der Waals surface area (Å²) in [6, 6.07) is 42.6. The van der Waals surface area contributed by atoms with Gasteiger partial charge in [-0.1, -0.05) is 231 Å². The van der Waals surface area contributed by atoms with E-state index in [1.165, 1.54) is 102 Å². The molecule has 1 atom stereocenters. The SMILES string of the molecule is CCCCCCCCCCCCCCCCCC[C@@H](COC(c1ccccc1)(c1ccccc1)c1ccccc1)OCc1ccccc1. The average molecular weight is 647 g/mol. The van der Waals surface area contributed by atoms with E-state index in [-0.39, 0.29) is 6.10 Å². The van der Waals surface area contributed by atoms with E-state index in [2.05, 4.69) is 128 Å². The smallest absolute Gasteiger partial charge is 0.143 e. The number of ether oxygens (including phenoxy) is 2. The summed E-state index contributed by atoms with van der Waals surface area (Å²) in [6.07, 6.45) is 23.1. The number of hydrogen-bond donors (Lipinski definition) is 0. The largest absolute Gasteiger partial charge is 0.371 e. The van der Waals surface area contributed by atoms with Crippen molar-refractivity contribution in [2.45, 2.75) is 134 Å². The van der Waals surface area contributed by atoms with Crippen molar-refractivity contribution < 1.29 is 9.47 Å². The molecule has 0 aliphatic carbocycles. The van der Waals surface area contributed by atoms with E-state index < -0.39 is 5.60 Å². The topological polar surface area (TPSA) is 18.5 Å². The molecule has 0 spiro atoms. The Hall–Kier alpha value is -3.20. The summed E-state index contributed by atoms with van der Waals surface area (Å²) in [4.78, 5) is 0. The van der Waals surface area contributed by atoms with Crippen LogP contribution in [0.3, 0.4) is 0 Å². The molecule has 48 heavy (non-hydrogen) atoms. The van der Waals surface area contributed by atoms with Crippen molar-refractivity contribution in [1.82, 2.24) is 0 Å². The molecule has 0 N–H and O–H groups in total. The summed E-state index contributed by atoms with van der Waals surface area (Å²) in [7, 11) is 0. The van der Waals surface area contributed by atoms with E-state index in [1.54, 1.807) is 0 Å². The molecule has 0 heterocycles. The van der Waals surface area contributed by atoms with Crippen LogP contribution in [0.15, 0.2) is 121 Å². The lowest BCUT2D eigenvalue weighted by atomic mass is 9.80. The van der Waals surface area contributed by atoms with Crippen molar-refractivity contribution in [3.8, 4) is 0 Å². The standard InChI is InChI=1S/C46H62O2/c1-2-3-4-5-6-7-8-9-10-11-12-13-14-15-16-29-38-45(47-39-41-30-21-17-22-31-41)40-48-46(42-32-23-18-24-33-42,43-34-25-19-26-35-43)44-36-27-20-28-37-44/h17-28,30-37,45H,2-16,29,38-40H2,1H3/t45-/m0/s1. The Morgan fingerprint density at radius 1 is 0.438 bits per heavy atom. The first-order valence-electron chi connectivity index (χ1n) is 19.3. The maximum atomic E-state index is 7.19. The van der Waals surface area contributed by atoms with Gasteiger partial charge >= 0.3 is 0 Å². The van der Waals surface area contributed by atoms with Gasteiger partial charge in [-0.15, -0.1) is 0 Å². The van der Waals surface area contributed by atoms with Crippen LogP contribution < -0.4 is 0 Å². The molecule has 0 saturated heterocycles. The van der Waals surface area contributed by atoms with Crippen LogP contribution in [-0.4, -0.2) is 12.7 Å². The van der Waals surface area contributed by atoms with Crippen LogP contribution in [-0.2, 0) is 21.7 Å². The normalized spacial score (nSPS) is 12.3. The van der Waals surface area contributed by atoms with E-state index in [1.807, 2.05) is 0 Å². The Kier molecular flexibility index (Phi) is 18.2. The van der Waals surface area contributed by atoms with E-state index >= 15 is 0 Å². The maximum Gasteiger partial charge on any atom is 0.143 e. The third kappa shape index (κ3) is 13.0. The minimum Gasteiger partial charge on any atom is -0.371 e. The van der Waals surface area contributed by atoms with Crippen LogP contribution in [0.1, 0.15) is 138 Å². The van der Waals surface area contributed by atoms with Crippen molar-refractivity contribution in [2.24, 2.45) is 0 Å². The zero-order valence-electron chi connectivity index (χ0n) is 29.9. The summed E-state index contributed by atoms with van der Waals surface area (Å²) < 4.78 is 13.8. The molecule has 0 unspecified atom stereocenters. The van der Waals surface area contributed by atoms with Gasteiger partial charge in [0.15, 0.2) is 0 Å². The summed E-state index contributed by atoms with van der Waals surface area (Å²) in [6.45, 7) is 3.41. The van der Waals surface area contributed by atoms with Crippen LogP contribution >= 0.6 is 0 Å². The highest BCUT2D eigenvalue weighted by Crippen LogP contribution is 2.40. The number of benzene rings is 4. The highest BCUT2D eigenvalue weighted by atomic mass is 16.5. The molecule has 0 aliphatic heterocycles. The Morgan fingerprint density at radius 2 is 0.792 bits per heavy atom. The first-order chi connectivity index (χ1) is 23.8. The monoisotopic (exact) mass is 646 g/mol. The van der Waals surface area contributed by atoms with Crippen LogP contribution in [0, 0.1) is 0 Å². The fourth-order valence-electron chi connectivity index (χ4n) is 6.91. The van der Waals surface area contributed by atoms with Gasteiger partial charge in [0.05, 0.1) is 19.3 Å². The lowest BCUT2D eigenvalue weighted by Crippen LogP contribution is -2.36. The summed E-state index contributed by atoms with van der Waals surface area (Å²) in [5.41, 5.74) is 3.87. The van der Waals surface area contributed by atoms with Crippen LogP contribution in [0.2, 0.25) is 0 Å². The molecule has 2 heteroatoms. The van der Waals surface area contributed by atoms with E-state index in [0.717, 1.165) is 29.5 Å². The Labute approximate surface area is 293 Å². The molecule has 4 aromatic carbocycles. The number of hydrogen-bond acceptors (Lipinski definition) is 2. The van der Waals surface area contributed by atoms with E-state index in [9.17, 15) is 0 Å². The van der Waals surface area contributed by atoms with Crippen molar-refractivity contribution in [1.29, 1.82) is 0 Å². The average Bonchev–Trinajstić information content (AvgIpc) is 3.15. The van der Waals surface area contributed by atoms with Gasteiger partial charge in [-0.05, 0) is 28.7 Å². The van der Waals surface area contributed by atoms with E-state index in [4.69, 9.17) is 9.47 Å². The number of rotatable bonds is 26. The van der Waals surface area contributed by atoms with Gasteiger partial charge in [-0.2, -0.15) is 0 Å². The zero-order valence-corrected chi connectivity index (χ0v) is 29.9. The highest BCUT2D eigenvalue weighted by Gasteiger charge is 2.38. The first kappa shape index (κ1) is 37.6. The molecule has 0 fully saturated rings. The predicted molar refractivity (Wildman–Crippen MR) is 204 cm³/mol. The third-order valence-corrected chi connectivity index (χ3v) is 9.73. The minimum atomic E-state index is -0.729. The van der Waals surface area contributed by atoms with Gasteiger partial charge < -0.3 is 9.47 Å². The van der Waals surface area contributed by atoms with Gasteiger partial charge in [0.2, 0.25) is 0 Å². The number of unbranched alkanes of at least 4 members (excludes halogenated alkanes) is 15. The molecule has 0 amide bonds. The minimum absolute atomic E-state index is 0.00682. The summed E-state index contributed by atoms with van der Waals surface area (Å²) in [5.74, 6) is 0. The van der Waals surface area contributed by atoms with Crippen LogP contribution in [0.25, 0.3) is 0 Å². The lowest BCUT2D eigenvalue weighted by molar-refractivity contribution is -0.0731. The lowest BCUT2D eigenvalue weighted by Gasteiger charge is -2.37. The molecule has 2 nitrogen and oxygen atoms in total. The second kappa shape index (κ2) is 23.2. The highest BCUT2D eigenvalue weighted by molar-refractivity contribution is 5.47. The van der Waals surface area contributed by atoms with E-state index in [0.29, 0.717) is 13.2 Å². The zero-order chi connectivity index (χ0) is 33.4. The molecule has 0 aliphatic rings. The third-order valence-electron chi connectivity index (χ3n) is 9.73. The van der Waals surface area contributed by atoms with Gasteiger partial charge in [0.25, 0.3) is 0 Å². The molecule has 4 aromatic rings. The Morgan fingerprint density at radius 3 is 1.19 bits per heavy atom. The second-order valence-electron chi connectivity index (χ2n) is 13.6. The fourth-order valence-corrected chi connectivity index (χ4v) is 6.91. The molecule has 0 radical (unpaired) electrons. The second-order valence-corrected chi connectivity index (χ2v) is 13.6. The van der Waals surface area contributed by atoms with Crippen molar-refractivity contribution >= 4 is 0 Å². The van der Waals surface area contributed by atoms with Crippen LogP contribution in [0.5, 0.6) is 0 Å². The van der Waals surface area contributed by atoms with Gasteiger partial charge in [0.1, 0.15) is 5.60 Å².